The first-order valence-electron chi connectivity index (χ1n) is 34.8. The van der Waals surface area contributed by atoms with E-state index in [4.69, 9.17) is 37.9 Å². The molecular weight excluding hydrogens is 2150 g/mol. The van der Waals surface area contributed by atoms with E-state index in [1.807, 2.05) is 136 Å². The number of carbonyl (C=O) groups is 14. The molecule has 32 nitrogen and oxygen atoms in total. The highest BCUT2D eigenvalue weighted by molar-refractivity contribution is 14.1. The highest BCUT2D eigenvalue weighted by Crippen LogP contribution is 2.40. The van der Waals surface area contributed by atoms with Crippen molar-refractivity contribution in [2.24, 2.45) is 0 Å². The molecule has 113 heavy (non-hydrogen) atoms. The minimum Gasteiger partial charge on any atom is -0.465 e. The molecule has 6 aromatic carbocycles. The third-order valence-corrected chi connectivity index (χ3v) is 21.8. The number of carbonyl (C=O) groups excluding carboxylic acids is 14. The molecule has 0 heterocycles. The van der Waals surface area contributed by atoms with Crippen molar-refractivity contribution in [1.82, 2.24) is 0 Å². The summed E-state index contributed by atoms with van der Waals surface area (Å²) in [6, 6.07) is 24.4. The van der Waals surface area contributed by atoms with Crippen LogP contribution in [0, 0.1) is 21.4 Å². The maximum absolute atomic E-state index is 14.9. The van der Waals surface area contributed by atoms with Crippen molar-refractivity contribution in [1.29, 1.82) is 0 Å². The van der Waals surface area contributed by atoms with Crippen LogP contribution in [-0.2, 0) is 85.8 Å². The molecule has 6 N–H and O–H groups in total. The van der Waals surface area contributed by atoms with E-state index < -0.39 is 89.6 Å². The maximum atomic E-state index is 14.9. The zero-order chi connectivity index (χ0) is 83.2. The third-order valence-electron chi connectivity index (χ3n) is 15.4. The number of anilines is 10. The molecule has 0 spiro atoms. The van der Waals surface area contributed by atoms with Crippen molar-refractivity contribution in [3.63, 3.8) is 0 Å². The lowest BCUT2D eigenvalue weighted by Gasteiger charge is -2.23. The smallest absolute Gasteiger partial charge is 0.325 e. The molecule has 6 aromatic rings. The fourth-order valence-electron chi connectivity index (χ4n) is 10.5. The quantitative estimate of drug-likeness (QED) is 0.00900. The minimum absolute atomic E-state index is 0.0821. The number of benzene rings is 6. The fraction of sp³-hybridized carbons (Fsp3) is 0.333. The van der Waals surface area contributed by atoms with E-state index in [1.54, 1.807) is 104 Å². The third kappa shape index (κ3) is 27.9. The summed E-state index contributed by atoms with van der Waals surface area (Å²) in [5.41, 5.74) is 1.77. The molecule has 38 heteroatoms. The van der Waals surface area contributed by atoms with Gasteiger partial charge in [0.1, 0.15) is 58.8 Å². The zero-order valence-electron chi connectivity index (χ0n) is 62.3. The van der Waals surface area contributed by atoms with Gasteiger partial charge in [-0.2, -0.15) is 0 Å². The van der Waals surface area contributed by atoms with Gasteiger partial charge in [0, 0.05) is 52.6 Å². The Bertz CT molecular complexity index is 3880. The van der Waals surface area contributed by atoms with E-state index in [9.17, 15) is 67.1 Å². The molecule has 0 aliphatic rings. The van der Waals surface area contributed by atoms with Gasteiger partial charge >= 0.3 is 47.8 Å². The first-order valence-corrected chi connectivity index (χ1v) is 41.3. The molecule has 6 rings (SSSR count). The van der Waals surface area contributed by atoms with Crippen LogP contribution in [0.5, 0.6) is 0 Å². The Morgan fingerprint density at radius 3 is 0.558 bits per heavy atom. The lowest BCUT2D eigenvalue weighted by molar-refractivity contribution is -0.144. The molecule has 0 aliphatic carbocycles. The van der Waals surface area contributed by atoms with Crippen LogP contribution in [0.2, 0.25) is 0 Å². The number of amides is 6. The van der Waals surface area contributed by atoms with Crippen LogP contribution in [0.15, 0.2) is 97.1 Å². The predicted octanol–water partition coefficient (Wildman–Crippen LogP) is 11.0. The number of esters is 8. The largest absolute Gasteiger partial charge is 0.465 e. The SMILES string of the molecule is CCOC(=O)CN(CC(=O)OCC)c1ccc(NC(=O)c2c(I)c(NC(=O)CC(=O)Nc3c(I)c(C(=O)Nc4ccc(N(CC(=O)OCC)CC(=O)OCC)cc4)c(I)c(C(=O)Nc4ccc(N(CC(=O)OCC)CC(=O)OCC)cc4)c3I)c(I)c(C(=O)Nc3ccc(N(CC(=O)OCC)CC(=O)OCC)cc3)c2I)cc1. The Morgan fingerprint density at radius 1 is 0.248 bits per heavy atom. The Labute approximate surface area is 732 Å². The molecule has 0 aliphatic heterocycles. The summed E-state index contributed by atoms with van der Waals surface area (Å²) in [6.45, 7) is 11.3. The van der Waals surface area contributed by atoms with Crippen LogP contribution in [0.25, 0.3) is 0 Å². The summed E-state index contributed by atoms with van der Waals surface area (Å²) in [5, 5.41) is 16.8. The van der Waals surface area contributed by atoms with Crippen molar-refractivity contribution in [3.8, 4) is 0 Å². The monoisotopic (exact) mass is 2230 g/mol. The van der Waals surface area contributed by atoms with Crippen molar-refractivity contribution in [2.75, 3.05) is 157 Å². The predicted molar refractivity (Wildman–Crippen MR) is 471 cm³/mol. The van der Waals surface area contributed by atoms with Crippen LogP contribution < -0.4 is 51.5 Å². The molecule has 6 amide bonds. The average Bonchev–Trinajstić information content (AvgIpc) is 0.771. The normalized spacial score (nSPS) is 10.6. The maximum Gasteiger partial charge on any atom is 0.325 e. The Hall–Kier alpha value is -8.52. The average molecular weight is 2230 g/mol. The van der Waals surface area contributed by atoms with Crippen LogP contribution in [0.4, 0.5) is 56.9 Å². The van der Waals surface area contributed by atoms with Gasteiger partial charge in [0.05, 0.1) is 101 Å². The number of hydrogen-bond acceptors (Lipinski definition) is 26. The van der Waals surface area contributed by atoms with Crippen LogP contribution >= 0.6 is 136 Å². The molecule has 0 atom stereocenters. The number of halogens is 6. The van der Waals surface area contributed by atoms with Gasteiger partial charge < -0.3 is 89.4 Å². The first kappa shape index (κ1) is 93.3. The second kappa shape index (κ2) is 46.7. The summed E-state index contributed by atoms with van der Waals surface area (Å²) in [5.74, 6) is -9.99. The Balaban J connectivity index is 1.41. The summed E-state index contributed by atoms with van der Waals surface area (Å²) in [7, 11) is 0. The van der Waals surface area contributed by atoms with E-state index in [0.29, 0.717) is 22.7 Å². The van der Waals surface area contributed by atoms with Gasteiger partial charge in [-0.05, 0) is 288 Å². The molecule has 0 aromatic heterocycles. The second-order valence-corrected chi connectivity index (χ2v) is 29.7. The topological polar surface area (TPSA) is 398 Å². The second-order valence-electron chi connectivity index (χ2n) is 23.3. The molecule has 0 saturated carbocycles. The van der Waals surface area contributed by atoms with E-state index in [1.165, 1.54) is 68.1 Å². The molecule has 0 bridgehead atoms. The highest BCUT2D eigenvalue weighted by atomic mass is 127. The van der Waals surface area contributed by atoms with Gasteiger partial charge in [-0.15, -0.1) is 0 Å². The minimum atomic E-state index is -0.974. The number of ether oxygens (including phenoxy) is 8. The summed E-state index contributed by atoms with van der Waals surface area (Å²) >= 11 is 11.0. The molecule has 0 radical (unpaired) electrons. The van der Waals surface area contributed by atoms with Gasteiger partial charge in [0.2, 0.25) is 11.8 Å². The van der Waals surface area contributed by atoms with Gasteiger partial charge in [-0.25, -0.2) is 0 Å². The summed E-state index contributed by atoms with van der Waals surface area (Å²) in [6.07, 6.45) is -0.959. The van der Waals surface area contributed by atoms with Crippen molar-refractivity contribution in [2.45, 2.75) is 61.8 Å². The Morgan fingerprint density at radius 2 is 0.407 bits per heavy atom. The fourth-order valence-corrected chi connectivity index (χ4v) is 19.3. The van der Waals surface area contributed by atoms with Crippen molar-refractivity contribution >= 4 is 276 Å². The standard InChI is InChI=1S/C75H80I6N10O22/c1-9-106-52(94)34-88(35-53(95)107-10-2)46-25-17-42(18-26-46)82-72(102)60-64(76)61(73(103)83-43-19-27-47(28-20-43)89(36-54(96)108-11-3)37-55(97)109-12-4)67(79)70(66(60)78)86-50(92)33-51(93)87-71-68(80)62(74(104)84-44-21-29-48(30-22-44)90(38-56(98)110-13-5)39-57(99)111-14-6)65(77)63(69(71)81)75(105)85-45-23-31-49(32-24-45)91(40-58(100)112-15-7)41-59(101)113-16-8/h17-32H,9-16,33-41H2,1-8H3,(H,82,102)(H,83,103)(H,84,104)(H,85,105)(H,86,92)(H,87,93). The molecule has 0 saturated heterocycles. The summed E-state index contributed by atoms with van der Waals surface area (Å²) in [4.78, 5) is 196. The van der Waals surface area contributed by atoms with Crippen molar-refractivity contribution < 1.29 is 105 Å². The van der Waals surface area contributed by atoms with E-state index in [2.05, 4.69) is 31.9 Å². The van der Waals surface area contributed by atoms with Crippen LogP contribution in [0.3, 0.4) is 0 Å². The number of nitrogens with one attached hydrogen (secondary N) is 6. The lowest BCUT2D eigenvalue weighted by atomic mass is 10.1. The van der Waals surface area contributed by atoms with Crippen LogP contribution in [0.1, 0.15) is 103 Å². The van der Waals surface area contributed by atoms with Crippen LogP contribution in [-0.4, -0.2) is 188 Å². The first-order chi connectivity index (χ1) is 53.9. The number of nitrogens with zero attached hydrogens (tertiary/aromatic N) is 4. The molecular formula is C75H80I6N10O22. The van der Waals surface area contributed by atoms with E-state index >= 15 is 0 Å². The lowest BCUT2D eigenvalue weighted by Crippen LogP contribution is -2.36. The van der Waals surface area contributed by atoms with Crippen molar-refractivity contribution in [3.05, 3.63) is 141 Å². The van der Waals surface area contributed by atoms with Gasteiger partial charge in [-0.1, -0.05) is 0 Å². The highest BCUT2D eigenvalue weighted by Gasteiger charge is 2.33. The van der Waals surface area contributed by atoms with E-state index in [-0.39, 0.29) is 183 Å². The van der Waals surface area contributed by atoms with Gasteiger partial charge in [-0.3, -0.25) is 67.1 Å². The number of hydrogen-bond donors (Lipinski definition) is 6. The molecule has 0 fully saturated rings. The van der Waals surface area contributed by atoms with Gasteiger partial charge in [0.15, 0.2) is 0 Å². The van der Waals surface area contributed by atoms with Gasteiger partial charge in [0.25, 0.3) is 23.6 Å². The molecule has 604 valence electrons. The van der Waals surface area contributed by atoms with E-state index in [0.717, 1.165) is 0 Å². The zero-order valence-corrected chi connectivity index (χ0v) is 75.2. The summed E-state index contributed by atoms with van der Waals surface area (Å²) < 4.78 is 41.8. The Kier molecular flexibility index (Phi) is 38.6. The number of rotatable bonds is 40. The molecule has 0 unspecified atom stereocenters.